The van der Waals surface area contributed by atoms with Crippen LogP contribution in [0.25, 0.3) is 255 Å². The van der Waals surface area contributed by atoms with Gasteiger partial charge in [0.25, 0.3) is 0 Å². The summed E-state index contributed by atoms with van der Waals surface area (Å²) in [5.74, 6) is 2.12. The van der Waals surface area contributed by atoms with Gasteiger partial charge in [-0.3, -0.25) is 9.13 Å². The predicted molar refractivity (Wildman–Crippen MR) is 558 cm³/mol. The number of para-hydroxylation sites is 6. The van der Waals surface area contributed by atoms with Gasteiger partial charge in [-0.1, -0.05) is 346 Å². The number of fused-ring (bicyclic) bond motifs is 21. The van der Waals surface area contributed by atoms with Gasteiger partial charge in [-0.25, -0.2) is 29.9 Å². The quantitative estimate of drug-likeness (QED) is 0.135. The molecule has 28 rings (SSSR count). The molecular formula is C120H73N9S3. The highest BCUT2D eigenvalue weighted by molar-refractivity contribution is 7.27. The van der Waals surface area contributed by atoms with Crippen LogP contribution < -0.4 is 0 Å². The molecule has 0 radical (unpaired) electrons. The van der Waals surface area contributed by atoms with Gasteiger partial charge in [0.2, 0.25) is 11.9 Å². The number of aromatic nitrogens is 9. The Morgan fingerprint density at radius 2 is 0.417 bits per heavy atom. The molecule has 0 spiro atoms. The summed E-state index contributed by atoms with van der Waals surface area (Å²) < 4.78 is 13.8. The van der Waals surface area contributed by atoms with Crippen LogP contribution in [-0.4, -0.2) is 43.6 Å². The van der Waals surface area contributed by atoms with E-state index in [0.29, 0.717) is 11.9 Å². The molecule has 0 aliphatic heterocycles. The zero-order valence-corrected chi connectivity index (χ0v) is 73.3. The molecule has 19 aromatic carbocycles. The molecule has 0 saturated carbocycles. The first kappa shape index (κ1) is 76.5. The normalized spacial score (nSPS) is 11.8. The van der Waals surface area contributed by atoms with Crippen molar-refractivity contribution < 1.29 is 0 Å². The average Bonchev–Trinajstić information content (AvgIpc) is 1.53. The molecule has 0 N–H and O–H groups in total. The second-order valence-corrected chi connectivity index (χ2v) is 36.7. The second-order valence-electron chi connectivity index (χ2n) is 33.5. The lowest BCUT2D eigenvalue weighted by Crippen LogP contribution is -2.02. The van der Waals surface area contributed by atoms with E-state index in [-0.39, 0.29) is 0 Å². The number of benzene rings is 19. The summed E-state index contributed by atoms with van der Waals surface area (Å²) in [5.41, 5.74) is 25.3. The lowest BCUT2D eigenvalue weighted by Gasteiger charge is -2.11. The van der Waals surface area contributed by atoms with Gasteiger partial charge in [0, 0.05) is 90.5 Å². The summed E-state index contributed by atoms with van der Waals surface area (Å²) in [5, 5.41) is 18.3. The molecule has 616 valence electrons. The predicted octanol–water partition coefficient (Wildman–Crippen LogP) is 33.0. The molecule has 12 heteroatoms. The summed E-state index contributed by atoms with van der Waals surface area (Å²) in [4.78, 5) is 31.6. The van der Waals surface area contributed by atoms with Crippen LogP contribution in [0, 0.1) is 0 Å². The summed E-state index contributed by atoms with van der Waals surface area (Å²) >= 11 is 5.29. The van der Waals surface area contributed by atoms with Crippen LogP contribution in [0.5, 0.6) is 0 Å². The summed E-state index contributed by atoms with van der Waals surface area (Å²) in [6, 6.07) is 158. The highest BCUT2D eigenvalue weighted by atomic mass is 32.1. The van der Waals surface area contributed by atoms with Gasteiger partial charge >= 0.3 is 0 Å². The van der Waals surface area contributed by atoms with E-state index in [4.69, 9.17) is 29.9 Å². The van der Waals surface area contributed by atoms with Gasteiger partial charge in [-0.2, -0.15) is 0 Å². The first-order valence-electron chi connectivity index (χ1n) is 44.3. The van der Waals surface area contributed by atoms with E-state index >= 15 is 0 Å². The summed E-state index contributed by atoms with van der Waals surface area (Å²) in [6.07, 6.45) is 0. The zero-order chi connectivity index (χ0) is 86.9. The van der Waals surface area contributed by atoms with E-state index in [1.165, 1.54) is 129 Å². The Morgan fingerprint density at radius 1 is 0.167 bits per heavy atom. The summed E-state index contributed by atoms with van der Waals surface area (Å²) in [6.45, 7) is 0. The Balaban J connectivity index is 0.000000104. The van der Waals surface area contributed by atoms with Crippen molar-refractivity contribution in [3.05, 3.63) is 443 Å². The van der Waals surface area contributed by atoms with Crippen molar-refractivity contribution in [3.63, 3.8) is 0 Å². The molecule has 0 aliphatic rings. The standard InChI is InChI=1S/C44H27N3S.2C38H23N3S/c1-2-10-33-27-34(26-23-28(33)9-1)31-19-17-29(18-20-31)30-21-24-32(25-22-30)41-43-42(37-13-5-8-16-40(37)48-43)46-44(45-41)47-38-14-6-3-11-35(38)36-12-4-7-15-39(36)47;1-2-10-27-23-28(22-19-24(27)9-1)25-17-20-26(21-18-25)35-37-36(31-13-5-8-16-34(31)42-37)40-38(39-35)41-32-14-6-3-11-29(32)30-12-4-7-15-33(30)41;1-2-10-26-23-27(18-17-24(26)9-1)35-37-36(31-13-5-8-16-34(31)42-37)40-38(39-35)25-19-21-28(22-20-25)41-32-14-6-3-11-29(32)30-12-4-7-15-33(30)41/h1-27H;2*1-23H. The maximum atomic E-state index is 5.34. The van der Waals surface area contributed by atoms with Crippen molar-refractivity contribution >= 4 is 193 Å². The molecule has 0 saturated heterocycles. The van der Waals surface area contributed by atoms with Crippen molar-refractivity contribution in [2.24, 2.45) is 0 Å². The lowest BCUT2D eigenvalue weighted by molar-refractivity contribution is 1.02. The molecule has 0 aliphatic carbocycles. The zero-order valence-electron chi connectivity index (χ0n) is 70.9. The first-order valence-corrected chi connectivity index (χ1v) is 46.8. The molecule has 9 nitrogen and oxygen atoms in total. The third-order valence-electron chi connectivity index (χ3n) is 25.9. The second kappa shape index (κ2) is 31.6. The molecule has 132 heavy (non-hydrogen) atoms. The largest absolute Gasteiger partial charge is 0.309 e. The van der Waals surface area contributed by atoms with Crippen LogP contribution in [0.1, 0.15) is 0 Å². The molecular weight excluding hydrogens is 1660 g/mol. The Hall–Kier alpha value is -16.7. The number of hydrogen-bond donors (Lipinski definition) is 0. The molecule has 9 aromatic heterocycles. The minimum absolute atomic E-state index is 0.687. The van der Waals surface area contributed by atoms with Crippen LogP contribution >= 0.6 is 34.0 Å². The number of hydrogen-bond acceptors (Lipinski definition) is 9. The van der Waals surface area contributed by atoms with Crippen molar-refractivity contribution in [2.45, 2.75) is 0 Å². The van der Waals surface area contributed by atoms with Crippen molar-refractivity contribution in [2.75, 3.05) is 0 Å². The van der Waals surface area contributed by atoms with E-state index in [2.05, 4.69) is 457 Å². The maximum absolute atomic E-state index is 5.34. The molecule has 9 heterocycles. The first-order chi connectivity index (χ1) is 65.4. The van der Waals surface area contributed by atoms with Gasteiger partial charge in [-0.15, -0.1) is 34.0 Å². The fourth-order valence-electron chi connectivity index (χ4n) is 19.5. The molecule has 0 amide bonds. The minimum Gasteiger partial charge on any atom is -0.309 e. The third-order valence-corrected chi connectivity index (χ3v) is 29.4. The molecule has 0 fully saturated rings. The smallest absolute Gasteiger partial charge is 0.235 e. The highest BCUT2D eigenvalue weighted by Crippen LogP contribution is 2.46. The van der Waals surface area contributed by atoms with Gasteiger partial charge in [-0.05, 0) is 163 Å². The number of thiophene rings is 3. The molecule has 0 atom stereocenters. The van der Waals surface area contributed by atoms with Crippen molar-refractivity contribution in [3.8, 4) is 96.1 Å². The van der Waals surface area contributed by atoms with E-state index in [9.17, 15) is 0 Å². The molecule has 0 bridgehead atoms. The third kappa shape index (κ3) is 13.1. The van der Waals surface area contributed by atoms with Gasteiger partial charge in [0.1, 0.15) is 0 Å². The maximum Gasteiger partial charge on any atom is 0.235 e. The van der Waals surface area contributed by atoms with E-state index in [1.54, 1.807) is 34.0 Å². The Morgan fingerprint density at radius 3 is 0.773 bits per heavy atom. The van der Waals surface area contributed by atoms with Gasteiger partial charge in [0.15, 0.2) is 5.82 Å². The van der Waals surface area contributed by atoms with E-state index in [1.807, 2.05) is 0 Å². The van der Waals surface area contributed by atoms with E-state index in [0.717, 1.165) is 114 Å². The highest BCUT2D eigenvalue weighted by Gasteiger charge is 2.25. The molecule has 0 unspecified atom stereocenters. The molecule has 28 aromatic rings. The topological polar surface area (TPSA) is 92.1 Å². The number of rotatable bonds is 10. The van der Waals surface area contributed by atoms with Crippen LogP contribution in [-0.2, 0) is 0 Å². The Bertz CT molecular complexity index is 9330. The average molecular weight is 1740 g/mol. The SMILES string of the molecule is c1ccc2cc(-c3ccc(-c4ccc(-c5nc(-n6c7ccccc7c7ccccc76)nc6c5sc5ccccc56)cc4)cc3)ccc2c1.c1ccc2cc(-c3ccc(-c4nc(-n5c6ccccc6c6ccccc65)nc5c4sc4ccccc45)cc3)ccc2c1.c1ccc2cc(-c3nc(-c4ccc(-n5c6ccccc6c6ccccc65)cc4)nc4c3sc3ccccc34)ccc2c1. The van der Waals surface area contributed by atoms with Crippen molar-refractivity contribution in [1.82, 2.24) is 43.6 Å². The fourth-order valence-corrected chi connectivity index (χ4v) is 22.9. The van der Waals surface area contributed by atoms with Gasteiger partial charge in [0.05, 0.1) is 80.8 Å². The fraction of sp³-hybridized carbons (Fsp3) is 0. The van der Waals surface area contributed by atoms with Gasteiger partial charge < -0.3 is 4.57 Å². The van der Waals surface area contributed by atoms with E-state index < -0.39 is 0 Å². The van der Waals surface area contributed by atoms with Crippen LogP contribution in [0.3, 0.4) is 0 Å². The Kier molecular flexibility index (Phi) is 18.3. The van der Waals surface area contributed by atoms with Crippen LogP contribution in [0.2, 0.25) is 0 Å². The van der Waals surface area contributed by atoms with Crippen LogP contribution in [0.15, 0.2) is 443 Å². The number of nitrogens with zero attached hydrogens (tertiary/aromatic N) is 9. The lowest BCUT2D eigenvalue weighted by atomic mass is 9.97. The van der Waals surface area contributed by atoms with Crippen LogP contribution in [0.4, 0.5) is 0 Å². The Labute approximate surface area is 769 Å². The van der Waals surface area contributed by atoms with Crippen molar-refractivity contribution in [1.29, 1.82) is 0 Å². The monoisotopic (exact) mass is 1740 g/mol. The summed E-state index contributed by atoms with van der Waals surface area (Å²) in [7, 11) is 0. The minimum atomic E-state index is 0.687.